The molecule has 0 radical (unpaired) electrons. The molecule has 1 spiro atoms. The monoisotopic (exact) mass is 223 g/mol. The Bertz CT molecular complexity index is 232. The topological polar surface area (TPSA) is 12.0 Å². The molecule has 0 aromatic carbocycles. The lowest BCUT2D eigenvalue weighted by Crippen LogP contribution is -2.27. The Morgan fingerprint density at radius 2 is 1.75 bits per heavy atom. The molecule has 2 aliphatic carbocycles. The van der Waals surface area contributed by atoms with E-state index in [2.05, 4.69) is 33.0 Å². The third-order valence-electron chi connectivity index (χ3n) is 4.90. The summed E-state index contributed by atoms with van der Waals surface area (Å²) >= 11 is 0. The van der Waals surface area contributed by atoms with Crippen LogP contribution in [0, 0.1) is 22.7 Å². The van der Waals surface area contributed by atoms with Crippen molar-refractivity contribution in [3.8, 4) is 0 Å². The summed E-state index contributed by atoms with van der Waals surface area (Å²) in [6, 6.07) is 0. The van der Waals surface area contributed by atoms with Crippen LogP contribution in [0.25, 0.3) is 0 Å². The molecule has 1 unspecified atom stereocenters. The van der Waals surface area contributed by atoms with Crippen LogP contribution in [0.3, 0.4) is 0 Å². The Morgan fingerprint density at radius 3 is 2.31 bits per heavy atom. The zero-order valence-electron chi connectivity index (χ0n) is 11.6. The van der Waals surface area contributed by atoms with Crippen LogP contribution in [0.5, 0.6) is 0 Å². The van der Waals surface area contributed by atoms with Gasteiger partial charge in [-0.3, -0.25) is 0 Å². The van der Waals surface area contributed by atoms with E-state index in [9.17, 15) is 0 Å². The third-order valence-corrected chi connectivity index (χ3v) is 4.90. The van der Waals surface area contributed by atoms with Gasteiger partial charge in [0.25, 0.3) is 0 Å². The standard InChI is InChI=1S/C15H29N/c1-12(2)10-16-11-13-9-15(13)7-5-14(3,4)6-8-15/h12-13,16H,5-11H2,1-4H3. The van der Waals surface area contributed by atoms with Gasteiger partial charge >= 0.3 is 0 Å². The van der Waals surface area contributed by atoms with Crippen molar-refractivity contribution in [1.82, 2.24) is 5.32 Å². The Balaban J connectivity index is 1.70. The highest BCUT2D eigenvalue weighted by Gasteiger charge is 2.55. The highest BCUT2D eigenvalue weighted by atomic mass is 14.9. The maximum Gasteiger partial charge on any atom is -0.00149 e. The van der Waals surface area contributed by atoms with E-state index in [4.69, 9.17) is 0 Å². The fourth-order valence-corrected chi connectivity index (χ4v) is 3.30. The number of rotatable bonds is 4. The van der Waals surface area contributed by atoms with Gasteiger partial charge in [0.05, 0.1) is 0 Å². The maximum absolute atomic E-state index is 3.64. The molecule has 0 amide bonds. The van der Waals surface area contributed by atoms with E-state index < -0.39 is 0 Å². The molecule has 0 aromatic heterocycles. The van der Waals surface area contributed by atoms with E-state index in [1.165, 1.54) is 45.2 Å². The predicted molar refractivity (Wildman–Crippen MR) is 70.5 cm³/mol. The first-order chi connectivity index (χ1) is 7.44. The smallest absolute Gasteiger partial charge is 0.00149 e. The van der Waals surface area contributed by atoms with Gasteiger partial charge in [-0.05, 0) is 67.9 Å². The summed E-state index contributed by atoms with van der Waals surface area (Å²) in [5.74, 6) is 1.79. The largest absolute Gasteiger partial charge is 0.316 e. The highest BCUT2D eigenvalue weighted by Crippen LogP contribution is 2.63. The van der Waals surface area contributed by atoms with Gasteiger partial charge in [0.15, 0.2) is 0 Å². The lowest BCUT2D eigenvalue weighted by atomic mass is 9.71. The van der Waals surface area contributed by atoms with Crippen LogP contribution in [0.4, 0.5) is 0 Å². The third kappa shape index (κ3) is 2.80. The van der Waals surface area contributed by atoms with E-state index in [1.54, 1.807) is 0 Å². The van der Waals surface area contributed by atoms with E-state index >= 15 is 0 Å². The van der Waals surface area contributed by atoms with Gasteiger partial charge in [-0.15, -0.1) is 0 Å². The molecule has 0 bridgehead atoms. The number of hydrogen-bond acceptors (Lipinski definition) is 1. The molecule has 2 saturated carbocycles. The molecule has 1 heteroatoms. The molecule has 16 heavy (non-hydrogen) atoms. The second-order valence-corrected chi connectivity index (χ2v) is 7.48. The van der Waals surface area contributed by atoms with Crippen molar-refractivity contribution in [2.45, 2.75) is 59.8 Å². The Morgan fingerprint density at radius 1 is 1.12 bits per heavy atom. The zero-order chi connectivity index (χ0) is 11.8. The summed E-state index contributed by atoms with van der Waals surface area (Å²) in [4.78, 5) is 0. The molecule has 0 saturated heterocycles. The van der Waals surface area contributed by atoms with Gasteiger partial charge in [0.1, 0.15) is 0 Å². The first-order valence-corrected chi connectivity index (χ1v) is 7.14. The predicted octanol–water partition coefficient (Wildman–Crippen LogP) is 3.84. The number of hydrogen-bond donors (Lipinski definition) is 1. The minimum absolute atomic E-state index is 0.629. The van der Waals surface area contributed by atoms with E-state index in [0.717, 1.165) is 17.3 Å². The Labute approximate surface area is 101 Å². The maximum atomic E-state index is 3.64. The van der Waals surface area contributed by atoms with Gasteiger partial charge in [-0.2, -0.15) is 0 Å². The molecule has 0 heterocycles. The quantitative estimate of drug-likeness (QED) is 0.763. The number of nitrogens with one attached hydrogen (secondary N) is 1. The second kappa shape index (κ2) is 4.33. The van der Waals surface area contributed by atoms with Crippen molar-refractivity contribution < 1.29 is 0 Å². The van der Waals surface area contributed by atoms with Crippen LogP contribution < -0.4 is 5.32 Å². The SMILES string of the molecule is CC(C)CNCC1CC12CCC(C)(C)CC2. The van der Waals surface area contributed by atoms with Crippen LogP contribution >= 0.6 is 0 Å². The van der Waals surface area contributed by atoms with E-state index in [0.29, 0.717) is 5.41 Å². The molecule has 1 N–H and O–H groups in total. The molecule has 1 nitrogen and oxygen atoms in total. The average Bonchev–Trinajstić information content (AvgIpc) is 2.85. The van der Waals surface area contributed by atoms with Crippen molar-refractivity contribution in [1.29, 1.82) is 0 Å². The summed E-state index contributed by atoms with van der Waals surface area (Å²) in [5, 5.41) is 3.64. The minimum Gasteiger partial charge on any atom is -0.316 e. The van der Waals surface area contributed by atoms with Crippen molar-refractivity contribution in [3.63, 3.8) is 0 Å². The van der Waals surface area contributed by atoms with Gasteiger partial charge in [0, 0.05) is 0 Å². The van der Waals surface area contributed by atoms with Crippen molar-refractivity contribution in [3.05, 3.63) is 0 Å². The molecule has 0 aromatic rings. The summed E-state index contributed by atoms with van der Waals surface area (Å²) in [6.45, 7) is 11.9. The van der Waals surface area contributed by atoms with Crippen LogP contribution in [-0.4, -0.2) is 13.1 Å². The fraction of sp³-hybridized carbons (Fsp3) is 1.00. The molecule has 2 fully saturated rings. The van der Waals surface area contributed by atoms with Crippen molar-refractivity contribution in [2.75, 3.05) is 13.1 Å². The first kappa shape index (κ1) is 12.4. The van der Waals surface area contributed by atoms with Crippen LogP contribution in [0.15, 0.2) is 0 Å². The van der Waals surface area contributed by atoms with Gasteiger partial charge in [0.2, 0.25) is 0 Å². The van der Waals surface area contributed by atoms with Gasteiger partial charge in [-0.1, -0.05) is 27.7 Å². The van der Waals surface area contributed by atoms with Crippen molar-refractivity contribution in [2.24, 2.45) is 22.7 Å². The summed E-state index contributed by atoms with van der Waals surface area (Å²) in [5.41, 5.74) is 1.41. The first-order valence-electron chi connectivity index (χ1n) is 7.14. The molecular formula is C15H29N. The fourth-order valence-electron chi connectivity index (χ4n) is 3.30. The lowest BCUT2D eigenvalue weighted by Gasteiger charge is -2.35. The molecule has 0 aliphatic heterocycles. The second-order valence-electron chi connectivity index (χ2n) is 7.48. The molecular weight excluding hydrogens is 194 g/mol. The van der Waals surface area contributed by atoms with Crippen LogP contribution in [0.2, 0.25) is 0 Å². The Kier molecular flexibility index (Phi) is 3.36. The Hall–Kier alpha value is -0.0400. The summed E-state index contributed by atoms with van der Waals surface area (Å²) in [6.07, 6.45) is 7.40. The van der Waals surface area contributed by atoms with E-state index in [1.807, 2.05) is 0 Å². The normalized spacial score (nSPS) is 30.9. The summed E-state index contributed by atoms with van der Waals surface area (Å²) in [7, 11) is 0. The average molecular weight is 223 g/mol. The van der Waals surface area contributed by atoms with E-state index in [-0.39, 0.29) is 0 Å². The van der Waals surface area contributed by atoms with Crippen LogP contribution in [0.1, 0.15) is 59.8 Å². The zero-order valence-corrected chi connectivity index (χ0v) is 11.6. The lowest BCUT2D eigenvalue weighted by molar-refractivity contribution is 0.166. The molecule has 2 aliphatic rings. The highest BCUT2D eigenvalue weighted by molar-refractivity contribution is 5.06. The minimum atomic E-state index is 0.629. The van der Waals surface area contributed by atoms with Crippen molar-refractivity contribution >= 4 is 0 Å². The van der Waals surface area contributed by atoms with Gasteiger partial charge < -0.3 is 5.32 Å². The van der Waals surface area contributed by atoms with Gasteiger partial charge in [-0.25, -0.2) is 0 Å². The molecule has 1 atom stereocenters. The summed E-state index contributed by atoms with van der Waals surface area (Å²) < 4.78 is 0. The molecule has 94 valence electrons. The molecule has 2 rings (SSSR count). The van der Waals surface area contributed by atoms with Crippen LogP contribution in [-0.2, 0) is 0 Å².